The smallest absolute Gasteiger partial charge is 0.328 e. The van der Waals surface area contributed by atoms with E-state index in [4.69, 9.17) is 14.2 Å². The van der Waals surface area contributed by atoms with Crippen molar-refractivity contribution in [1.82, 2.24) is 5.32 Å². The predicted molar refractivity (Wildman–Crippen MR) is 134 cm³/mol. The molecule has 0 aromatic heterocycles. The molecule has 0 heterocycles. The molecule has 2 aromatic carbocycles. The summed E-state index contributed by atoms with van der Waals surface area (Å²) in [6.45, 7) is 11.3. The van der Waals surface area contributed by atoms with Crippen LogP contribution in [0.1, 0.15) is 52.2 Å². The monoisotopic (exact) mass is 469 g/mol. The number of esters is 1. The SMILES string of the molecule is COC(=O)[C@H](Cc1ccc(OCC(C)(C)C)cc1)NC(=O)[C@H](CC(C)C)OCc1ccccc1. The van der Waals surface area contributed by atoms with Crippen LogP contribution < -0.4 is 10.1 Å². The highest BCUT2D eigenvalue weighted by Crippen LogP contribution is 2.19. The number of carbonyl (C=O) groups is 2. The standard InChI is InChI=1S/C28H39NO5/c1-20(2)16-25(33-18-22-10-8-7-9-11-22)26(30)29-24(27(31)32-6)17-21-12-14-23(15-13-21)34-19-28(3,4)5/h7-15,20,24-25H,16-19H2,1-6H3,(H,29,30)/t24-,25-/m0/s1. The van der Waals surface area contributed by atoms with E-state index < -0.39 is 18.1 Å². The van der Waals surface area contributed by atoms with Gasteiger partial charge >= 0.3 is 5.97 Å². The van der Waals surface area contributed by atoms with Crippen molar-refractivity contribution >= 4 is 11.9 Å². The van der Waals surface area contributed by atoms with Crippen LogP contribution in [0, 0.1) is 11.3 Å². The molecule has 0 spiro atoms. The van der Waals surface area contributed by atoms with Gasteiger partial charge in [0.25, 0.3) is 0 Å². The fraction of sp³-hybridized carbons (Fsp3) is 0.500. The Morgan fingerprint density at radius 1 is 0.941 bits per heavy atom. The van der Waals surface area contributed by atoms with Gasteiger partial charge in [-0.1, -0.05) is 77.1 Å². The van der Waals surface area contributed by atoms with Crippen LogP contribution in [0.4, 0.5) is 0 Å². The second-order valence-electron chi connectivity index (χ2n) is 10.2. The van der Waals surface area contributed by atoms with Gasteiger partial charge in [0.1, 0.15) is 17.9 Å². The minimum absolute atomic E-state index is 0.0635. The number of rotatable bonds is 12. The number of ether oxygens (including phenoxy) is 3. The Bertz CT molecular complexity index is 887. The van der Waals surface area contributed by atoms with E-state index in [2.05, 4.69) is 26.1 Å². The molecule has 0 aliphatic heterocycles. The first-order chi connectivity index (χ1) is 16.1. The molecule has 0 aliphatic carbocycles. The molecule has 2 atom stereocenters. The number of methoxy groups -OCH3 is 1. The van der Waals surface area contributed by atoms with Crippen LogP contribution in [0.5, 0.6) is 5.75 Å². The third-order valence-electron chi connectivity index (χ3n) is 5.11. The van der Waals surface area contributed by atoms with E-state index in [1.807, 2.05) is 68.4 Å². The summed E-state index contributed by atoms with van der Waals surface area (Å²) in [6, 6.07) is 16.5. The fourth-order valence-corrected chi connectivity index (χ4v) is 3.31. The molecule has 6 nitrogen and oxygen atoms in total. The molecule has 0 saturated heterocycles. The molecule has 0 aliphatic rings. The Kier molecular flexibility index (Phi) is 10.6. The zero-order valence-corrected chi connectivity index (χ0v) is 21.3. The normalized spacial score (nSPS) is 13.3. The van der Waals surface area contributed by atoms with Crippen molar-refractivity contribution in [3.05, 3.63) is 65.7 Å². The van der Waals surface area contributed by atoms with Gasteiger partial charge in [-0.2, -0.15) is 0 Å². The quantitative estimate of drug-likeness (QED) is 0.446. The van der Waals surface area contributed by atoms with E-state index in [0.717, 1.165) is 16.9 Å². The molecule has 2 rings (SSSR count). The Hall–Kier alpha value is -2.86. The highest BCUT2D eigenvalue weighted by Gasteiger charge is 2.27. The Labute approximate surface area is 204 Å². The lowest BCUT2D eigenvalue weighted by Gasteiger charge is -2.23. The molecule has 0 fully saturated rings. The van der Waals surface area contributed by atoms with Gasteiger partial charge in [0.15, 0.2) is 0 Å². The van der Waals surface area contributed by atoms with E-state index in [9.17, 15) is 9.59 Å². The van der Waals surface area contributed by atoms with E-state index in [1.54, 1.807) is 0 Å². The summed E-state index contributed by atoms with van der Waals surface area (Å²) in [5.41, 5.74) is 1.94. The van der Waals surface area contributed by atoms with Gasteiger partial charge in [-0.05, 0) is 41.0 Å². The maximum Gasteiger partial charge on any atom is 0.328 e. The molecule has 0 saturated carbocycles. The summed E-state index contributed by atoms with van der Waals surface area (Å²) < 4.78 is 16.7. The van der Waals surface area contributed by atoms with Crippen LogP contribution in [-0.4, -0.2) is 37.7 Å². The molecular weight excluding hydrogens is 430 g/mol. The maximum atomic E-state index is 13.1. The minimum Gasteiger partial charge on any atom is -0.493 e. The summed E-state index contributed by atoms with van der Waals surface area (Å²) in [6.07, 6.45) is 0.192. The van der Waals surface area contributed by atoms with Crippen LogP contribution in [0.3, 0.4) is 0 Å². The topological polar surface area (TPSA) is 73.9 Å². The third-order valence-corrected chi connectivity index (χ3v) is 5.11. The highest BCUT2D eigenvalue weighted by atomic mass is 16.5. The Morgan fingerprint density at radius 3 is 2.15 bits per heavy atom. The van der Waals surface area contributed by atoms with Crippen molar-refractivity contribution < 1.29 is 23.8 Å². The van der Waals surface area contributed by atoms with E-state index in [-0.39, 0.29) is 17.2 Å². The van der Waals surface area contributed by atoms with Crippen molar-refractivity contribution in [3.8, 4) is 5.75 Å². The van der Waals surface area contributed by atoms with Crippen molar-refractivity contribution in [3.63, 3.8) is 0 Å². The highest BCUT2D eigenvalue weighted by molar-refractivity contribution is 5.87. The zero-order chi connectivity index (χ0) is 25.1. The summed E-state index contributed by atoms with van der Waals surface area (Å²) in [5.74, 6) is 0.213. The molecule has 34 heavy (non-hydrogen) atoms. The molecular formula is C28H39NO5. The fourth-order valence-electron chi connectivity index (χ4n) is 3.31. The van der Waals surface area contributed by atoms with Crippen LogP contribution >= 0.6 is 0 Å². The summed E-state index contributed by atoms with van der Waals surface area (Å²) in [7, 11) is 1.32. The van der Waals surface area contributed by atoms with Gasteiger partial charge in [0, 0.05) is 6.42 Å². The van der Waals surface area contributed by atoms with Gasteiger partial charge in [-0.25, -0.2) is 4.79 Å². The first-order valence-electron chi connectivity index (χ1n) is 11.8. The molecule has 1 amide bonds. The predicted octanol–water partition coefficient (Wildman–Crippen LogP) is 4.94. The Balaban J connectivity index is 2.04. The average molecular weight is 470 g/mol. The van der Waals surface area contributed by atoms with Gasteiger partial charge in [-0.15, -0.1) is 0 Å². The van der Waals surface area contributed by atoms with Crippen molar-refractivity contribution in [2.45, 2.75) is 66.2 Å². The lowest BCUT2D eigenvalue weighted by molar-refractivity contribution is -0.147. The first kappa shape index (κ1) is 27.4. The van der Waals surface area contributed by atoms with Crippen LogP contribution in [0.2, 0.25) is 0 Å². The molecule has 0 unspecified atom stereocenters. The summed E-state index contributed by atoms with van der Waals surface area (Å²) in [4.78, 5) is 25.5. The van der Waals surface area contributed by atoms with Gasteiger partial charge < -0.3 is 19.5 Å². The largest absolute Gasteiger partial charge is 0.493 e. The zero-order valence-electron chi connectivity index (χ0n) is 21.3. The number of nitrogens with one attached hydrogen (secondary N) is 1. The molecule has 2 aromatic rings. The maximum absolute atomic E-state index is 13.1. The number of hydrogen-bond acceptors (Lipinski definition) is 5. The number of carbonyl (C=O) groups excluding carboxylic acids is 2. The van der Waals surface area contributed by atoms with Crippen molar-refractivity contribution in [2.75, 3.05) is 13.7 Å². The molecule has 1 N–H and O–H groups in total. The first-order valence-corrected chi connectivity index (χ1v) is 11.8. The van der Waals surface area contributed by atoms with Gasteiger partial charge in [-0.3, -0.25) is 4.79 Å². The number of hydrogen-bond donors (Lipinski definition) is 1. The van der Waals surface area contributed by atoms with Crippen LogP contribution in [0.15, 0.2) is 54.6 Å². The van der Waals surface area contributed by atoms with Gasteiger partial charge in [0.2, 0.25) is 5.91 Å². The van der Waals surface area contributed by atoms with E-state index in [1.165, 1.54) is 7.11 Å². The van der Waals surface area contributed by atoms with E-state index >= 15 is 0 Å². The van der Waals surface area contributed by atoms with Crippen molar-refractivity contribution in [2.24, 2.45) is 11.3 Å². The second kappa shape index (κ2) is 13.1. The molecule has 0 radical (unpaired) electrons. The summed E-state index contributed by atoms with van der Waals surface area (Å²) >= 11 is 0. The number of benzene rings is 2. The lowest BCUT2D eigenvalue weighted by Crippen LogP contribution is -2.48. The van der Waals surface area contributed by atoms with E-state index in [0.29, 0.717) is 26.1 Å². The van der Waals surface area contributed by atoms with Crippen LogP contribution in [0.25, 0.3) is 0 Å². The molecule has 6 heteroatoms. The summed E-state index contributed by atoms with van der Waals surface area (Å²) in [5, 5.41) is 2.85. The lowest BCUT2D eigenvalue weighted by atomic mass is 9.99. The van der Waals surface area contributed by atoms with Crippen molar-refractivity contribution in [1.29, 1.82) is 0 Å². The Morgan fingerprint density at radius 2 is 1.59 bits per heavy atom. The minimum atomic E-state index is -0.811. The van der Waals surface area contributed by atoms with Crippen LogP contribution in [-0.2, 0) is 32.1 Å². The third kappa shape index (κ3) is 9.96. The average Bonchev–Trinajstić information content (AvgIpc) is 2.80. The molecule has 0 bridgehead atoms. The second-order valence-corrected chi connectivity index (χ2v) is 10.2. The molecule has 186 valence electrons. The number of amides is 1. The van der Waals surface area contributed by atoms with Gasteiger partial charge in [0.05, 0.1) is 20.3 Å².